The van der Waals surface area contributed by atoms with Crippen LogP contribution in [0.5, 0.6) is 5.88 Å². The maximum atomic E-state index is 6.09. The summed E-state index contributed by atoms with van der Waals surface area (Å²) in [6, 6.07) is 8.83. The zero-order valence-electron chi connectivity index (χ0n) is 12.2. The Morgan fingerprint density at radius 3 is 2.62 bits per heavy atom. The summed E-state index contributed by atoms with van der Waals surface area (Å²) in [4.78, 5) is 8.34. The van der Waals surface area contributed by atoms with Crippen molar-refractivity contribution in [2.24, 2.45) is 0 Å². The minimum atomic E-state index is 0.318. The summed E-state index contributed by atoms with van der Waals surface area (Å²) in [6.07, 6.45) is 4.39. The molecule has 0 bridgehead atoms. The Hall–Kier alpha value is -2.30. The third-order valence-electron chi connectivity index (χ3n) is 3.68. The van der Waals surface area contributed by atoms with E-state index in [0.29, 0.717) is 30.0 Å². The van der Waals surface area contributed by atoms with Crippen LogP contribution in [0.1, 0.15) is 24.5 Å². The molecule has 1 heterocycles. The van der Waals surface area contributed by atoms with E-state index >= 15 is 0 Å². The number of aromatic nitrogens is 2. The van der Waals surface area contributed by atoms with Gasteiger partial charge in [0.05, 0.1) is 6.61 Å². The van der Waals surface area contributed by atoms with Crippen molar-refractivity contribution in [3.63, 3.8) is 0 Å². The largest absolute Gasteiger partial charge is 0.476 e. The van der Waals surface area contributed by atoms with E-state index in [0.717, 1.165) is 19.3 Å². The molecule has 1 aromatic heterocycles. The lowest BCUT2D eigenvalue weighted by atomic mass is 10.1. The topological polar surface area (TPSA) is 73.1 Å². The zero-order chi connectivity index (χ0) is 14.7. The highest BCUT2D eigenvalue weighted by atomic mass is 16.5. The molecule has 5 heteroatoms. The molecule has 0 saturated carbocycles. The van der Waals surface area contributed by atoms with E-state index in [1.165, 1.54) is 17.5 Å². The van der Waals surface area contributed by atoms with Gasteiger partial charge in [-0.2, -0.15) is 4.98 Å². The molecule has 0 atom stereocenters. The van der Waals surface area contributed by atoms with Gasteiger partial charge in [0.1, 0.15) is 12.0 Å². The lowest BCUT2D eigenvalue weighted by molar-refractivity contribution is 0.306. The molecule has 3 N–H and O–H groups in total. The van der Waals surface area contributed by atoms with Crippen LogP contribution in [-0.4, -0.2) is 22.6 Å². The molecule has 2 aromatic rings. The van der Waals surface area contributed by atoms with Gasteiger partial charge in [0, 0.05) is 6.04 Å². The minimum absolute atomic E-state index is 0.318. The fourth-order valence-electron chi connectivity index (χ4n) is 2.66. The van der Waals surface area contributed by atoms with Crippen molar-refractivity contribution in [3.05, 3.63) is 41.7 Å². The van der Waals surface area contributed by atoms with Crippen LogP contribution in [0.25, 0.3) is 0 Å². The second-order valence-electron chi connectivity index (χ2n) is 5.31. The first-order chi connectivity index (χ1) is 10.3. The summed E-state index contributed by atoms with van der Waals surface area (Å²) in [6.45, 7) is 2.65. The standard InChI is InChI=1S/C16H20N4O/c1-2-7-21-16-14(17)15(18-10-19-16)20-13-8-11-5-3-4-6-12(11)9-13/h3-6,10,13H,2,7-9,17H2,1H3,(H,18,19,20). The maximum Gasteiger partial charge on any atom is 0.242 e. The van der Waals surface area contributed by atoms with Gasteiger partial charge >= 0.3 is 0 Å². The van der Waals surface area contributed by atoms with Gasteiger partial charge in [0.25, 0.3) is 0 Å². The number of benzene rings is 1. The normalized spacial score (nSPS) is 14.0. The third kappa shape index (κ3) is 2.91. The minimum Gasteiger partial charge on any atom is -0.476 e. The molecule has 1 aliphatic carbocycles. The van der Waals surface area contributed by atoms with E-state index in [9.17, 15) is 0 Å². The fourth-order valence-corrected chi connectivity index (χ4v) is 2.66. The molecule has 0 radical (unpaired) electrons. The molecule has 0 saturated heterocycles. The van der Waals surface area contributed by atoms with Gasteiger partial charge in [0.15, 0.2) is 5.82 Å². The lowest BCUT2D eigenvalue weighted by Gasteiger charge is -2.15. The Morgan fingerprint density at radius 1 is 1.24 bits per heavy atom. The average Bonchev–Trinajstić information content (AvgIpc) is 2.90. The van der Waals surface area contributed by atoms with Crippen molar-refractivity contribution in [2.45, 2.75) is 32.2 Å². The number of nitrogen functional groups attached to an aromatic ring is 1. The molecule has 0 fully saturated rings. The van der Waals surface area contributed by atoms with Crippen LogP contribution in [0.4, 0.5) is 11.5 Å². The van der Waals surface area contributed by atoms with Gasteiger partial charge in [-0.15, -0.1) is 0 Å². The van der Waals surface area contributed by atoms with Gasteiger partial charge in [-0.25, -0.2) is 4.98 Å². The van der Waals surface area contributed by atoms with Crippen molar-refractivity contribution in [1.29, 1.82) is 0 Å². The SMILES string of the molecule is CCCOc1ncnc(NC2Cc3ccccc3C2)c1N. The highest BCUT2D eigenvalue weighted by Gasteiger charge is 2.22. The molecule has 1 aliphatic rings. The lowest BCUT2D eigenvalue weighted by Crippen LogP contribution is -2.21. The van der Waals surface area contributed by atoms with Gasteiger partial charge in [0.2, 0.25) is 5.88 Å². The predicted octanol–water partition coefficient (Wildman–Crippen LogP) is 2.43. The Kier molecular flexibility index (Phi) is 3.90. The molecule has 21 heavy (non-hydrogen) atoms. The fraction of sp³-hybridized carbons (Fsp3) is 0.375. The van der Waals surface area contributed by atoms with Crippen LogP contribution in [0, 0.1) is 0 Å². The van der Waals surface area contributed by atoms with Crippen molar-refractivity contribution in [1.82, 2.24) is 9.97 Å². The number of anilines is 2. The van der Waals surface area contributed by atoms with Crippen molar-refractivity contribution in [2.75, 3.05) is 17.7 Å². The van der Waals surface area contributed by atoms with Crippen molar-refractivity contribution >= 4 is 11.5 Å². The van der Waals surface area contributed by atoms with E-state index in [4.69, 9.17) is 10.5 Å². The summed E-state index contributed by atoms with van der Waals surface area (Å²) < 4.78 is 5.54. The Labute approximate surface area is 124 Å². The van der Waals surface area contributed by atoms with Gasteiger partial charge < -0.3 is 15.8 Å². The van der Waals surface area contributed by atoms with E-state index < -0.39 is 0 Å². The van der Waals surface area contributed by atoms with E-state index in [1.807, 2.05) is 6.92 Å². The number of hydrogen-bond donors (Lipinski definition) is 2. The molecule has 0 amide bonds. The van der Waals surface area contributed by atoms with E-state index in [2.05, 4.69) is 39.6 Å². The predicted molar refractivity (Wildman–Crippen MR) is 83.5 cm³/mol. The highest BCUT2D eigenvalue weighted by molar-refractivity contribution is 5.67. The van der Waals surface area contributed by atoms with Gasteiger partial charge in [-0.3, -0.25) is 0 Å². The molecule has 5 nitrogen and oxygen atoms in total. The second-order valence-corrected chi connectivity index (χ2v) is 5.31. The zero-order valence-corrected chi connectivity index (χ0v) is 12.2. The molecule has 1 aromatic carbocycles. The first-order valence-corrected chi connectivity index (χ1v) is 7.34. The second kappa shape index (κ2) is 5.99. The number of hydrogen-bond acceptors (Lipinski definition) is 5. The van der Waals surface area contributed by atoms with Crippen molar-refractivity contribution < 1.29 is 4.74 Å². The smallest absolute Gasteiger partial charge is 0.242 e. The molecule has 0 spiro atoms. The summed E-state index contributed by atoms with van der Waals surface area (Å²) >= 11 is 0. The first-order valence-electron chi connectivity index (χ1n) is 7.34. The molecule has 110 valence electrons. The van der Waals surface area contributed by atoms with E-state index in [1.54, 1.807) is 0 Å². The molecular formula is C16H20N4O. The number of rotatable bonds is 5. The summed E-state index contributed by atoms with van der Waals surface area (Å²) in [7, 11) is 0. The van der Waals surface area contributed by atoms with Crippen molar-refractivity contribution in [3.8, 4) is 5.88 Å². The Bertz CT molecular complexity index is 604. The maximum absolute atomic E-state index is 6.09. The number of fused-ring (bicyclic) bond motifs is 1. The Balaban J connectivity index is 1.72. The molecule has 0 unspecified atom stereocenters. The third-order valence-corrected chi connectivity index (χ3v) is 3.68. The van der Waals surface area contributed by atoms with E-state index in [-0.39, 0.29) is 0 Å². The summed E-state index contributed by atoms with van der Waals surface area (Å²) in [5, 5.41) is 3.42. The first kappa shape index (κ1) is 13.7. The van der Waals surface area contributed by atoms with Crippen LogP contribution in [0.2, 0.25) is 0 Å². The summed E-state index contributed by atoms with van der Waals surface area (Å²) in [5.74, 6) is 1.12. The van der Waals surface area contributed by atoms with Crippen LogP contribution in [0.3, 0.4) is 0 Å². The monoisotopic (exact) mass is 284 g/mol. The number of nitrogens with zero attached hydrogens (tertiary/aromatic N) is 2. The van der Waals surface area contributed by atoms with Crippen LogP contribution < -0.4 is 15.8 Å². The van der Waals surface area contributed by atoms with Crippen LogP contribution in [-0.2, 0) is 12.8 Å². The van der Waals surface area contributed by atoms with Crippen LogP contribution >= 0.6 is 0 Å². The number of ether oxygens (including phenoxy) is 1. The Morgan fingerprint density at radius 2 is 1.95 bits per heavy atom. The van der Waals surface area contributed by atoms with Gasteiger partial charge in [-0.1, -0.05) is 31.2 Å². The summed E-state index contributed by atoms with van der Waals surface area (Å²) in [5.41, 5.74) is 9.37. The molecular weight excluding hydrogens is 264 g/mol. The molecule has 0 aliphatic heterocycles. The highest BCUT2D eigenvalue weighted by Crippen LogP contribution is 2.29. The van der Waals surface area contributed by atoms with Crippen LogP contribution in [0.15, 0.2) is 30.6 Å². The van der Waals surface area contributed by atoms with Gasteiger partial charge in [-0.05, 0) is 30.4 Å². The number of nitrogens with one attached hydrogen (secondary N) is 1. The number of nitrogens with two attached hydrogens (primary N) is 1. The molecule has 3 rings (SSSR count). The quantitative estimate of drug-likeness (QED) is 0.882. The average molecular weight is 284 g/mol.